The summed E-state index contributed by atoms with van der Waals surface area (Å²) in [4.78, 5) is 21.4. The lowest BCUT2D eigenvalue weighted by Crippen LogP contribution is -2.29. The van der Waals surface area contributed by atoms with Crippen LogP contribution in [0.2, 0.25) is 0 Å². The van der Waals surface area contributed by atoms with Gasteiger partial charge >= 0.3 is 0 Å². The highest BCUT2D eigenvalue weighted by molar-refractivity contribution is 5.84. The third-order valence-corrected chi connectivity index (χ3v) is 9.71. The minimum Gasteiger partial charge on any atom is -0.387 e. The number of aryl methyl sites for hydroxylation is 1. The van der Waals surface area contributed by atoms with Crippen molar-refractivity contribution in [1.82, 2.24) is 34.6 Å². The van der Waals surface area contributed by atoms with Crippen LogP contribution in [0.4, 0.5) is 11.8 Å². The lowest BCUT2D eigenvalue weighted by Gasteiger charge is -2.21. The fourth-order valence-electron chi connectivity index (χ4n) is 7.03. The Morgan fingerprint density at radius 1 is 0.882 bits per heavy atom. The van der Waals surface area contributed by atoms with E-state index in [9.17, 15) is 10.2 Å². The van der Waals surface area contributed by atoms with Crippen molar-refractivity contribution in [1.29, 1.82) is 0 Å². The first-order valence-electron chi connectivity index (χ1n) is 17.5. The van der Waals surface area contributed by atoms with E-state index in [4.69, 9.17) is 24.2 Å². The molecule has 3 aromatic carbocycles. The molecule has 8 rings (SSSR count). The minimum atomic E-state index is -1.31. The number of likely N-dealkylation sites (tertiary alicyclic amines) is 1. The lowest BCUT2D eigenvalue weighted by molar-refractivity contribution is -0.0451. The van der Waals surface area contributed by atoms with Crippen LogP contribution in [0.5, 0.6) is 0 Å². The molecule has 0 aliphatic carbocycles. The molecule has 3 aromatic heterocycles. The average molecular weight is 688 g/mol. The fourth-order valence-corrected chi connectivity index (χ4v) is 7.03. The van der Waals surface area contributed by atoms with Crippen LogP contribution in [0.3, 0.4) is 0 Å². The smallest absolute Gasteiger partial charge is 0.258 e. The summed E-state index contributed by atoms with van der Waals surface area (Å²) in [6.07, 6.45) is -1.59. The summed E-state index contributed by atoms with van der Waals surface area (Å²) in [5, 5.41) is 33.4. The highest BCUT2D eigenvalue weighted by Gasteiger charge is 2.47. The molecule has 13 nitrogen and oxygen atoms in total. The SMILES string of the molecule is CCc1noc([C@H]2O[C@@H](n3cnc4c(NCC(c5ccccc5)c5ccccc5)nc(N[C@H]5CCN(Cc6ccccc6)C5)nc43)[C@H](O)[C@@H]2O)n1. The number of aliphatic hydroxyl groups excluding tert-OH is 2. The van der Waals surface area contributed by atoms with Gasteiger partial charge in [0.05, 0.1) is 6.33 Å². The highest BCUT2D eigenvalue weighted by atomic mass is 16.6. The van der Waals surface area contributed by atoms with E-state index in [0.29, 0.717) is 41.7 Å². The Labute approximate surface area is 295 Å². The van der Waals surface area contributed by atoms with Gasteiger partial charge in [0.1, 0.15) is 12.2 Å². The molecule has 0 bridgehead atoms. The van der Waals surface area contributed by atoms with E-state index in [1.807, 2.05) is 49.4 Å². The third kappa shape index (κ3) is 6.93. The number of benzene rings is 3. The quantitative estimate of drug-likeness (QED) is 0.141. The Balaban J connectivity index is 1.10. The molecule has 51 heavy (non-hydrogen) atoms. The van der Waals surface area contributed by atoms with Gasteiger partial charge in [-0.2, -0.15) is 15.0 Å². The first-order chi connectivity index (χ1) is 25.0. The number of rotatable bonds is 12. The maximum Gasteiger partial charge on any atom is 0.258 e. The number of nitrogens with one attached hydrogen (secondary N) is 2. The third-order valence-electron chi connectivity index (χ3n) is 9.71. The van der Waals surface area contributed by atoms with E-state index in [2.05, 4.69) is 74.2 Å². The molecule has 0 unspecified atom stereocenters. The summed E-state index contributed by atoms with van der Waals surface area (Å²) >= 11 is 0. The molecular formula is C38H41N9O4. The summed E-state index contributed by atoms with van der Waals surface area (Å²) in [5.41, 5.74) is 4.58. The number of nitrogens with zero attached hydrogens (tertiary/aromatic N) is 7. The number of imidazole rings is 1. The van der Waals surface area contributed by atoms with Crippen molar-refractivity contribution >= 4 is 22.9 Å². The molecular weight excluding hydrogens is 646 g/mol. The number of fused-ring (bicyclic) bond motifs is 1. The van der Waals surface area contributed by atoms with E-state index in [-0.39, 0.29) is 17.9 Å². The van der Waals surface area contributed by atoms with E-state index in [0.717, 1.165) is 26.1 Å². The lowest BCUT2D eigenvalue weighted by atomic mass is 9.91. The molecule has 2 fully saturated rings. The first-order valence-corrected chi connectivity index (χ1v) is 17.5. The van der Waals surface area contributed by atoms with Crippen molar-refractivity contribution in [3.63, 3.8) is 0 Å². The topological polar surface area (TPSA) is 160 Å². The zero-order chi connectivity index (χ0) is 34.7. The number of aliphatic hydroxyl groups is 2. The molecule has 4 N–H and O–H groups in total. The van der Waals surface area contributed by atoms with Crippen molar-refractivity contribution in [3.05, 3.63) is 126 Å². The van der Waals surface area contributed by atoms with Gasteiger partial charge in [-0.05, 0) is 23.1 Å². The average Bonchev–Trinajstić information content (AvgIpc) is 3.98. The van der Waals surface area contributed by atoms with Crippen LogP contribution in [0.15, 0.2) is 102 Å². The molecule has 262 valence electrons. The van der Waals surface area contributed by atoms with Gasteiger partial charge in [0.15, 0.2) is 35.1 Å². The first kappa shape index (κ1) is 33.0. The van der Waals surface area contributed by atoms with Crippen LogP contribution in [0, 0.1) is 0 Å². The predicted molar refractivity (Wildman–Crippen MR) is 191 cm³/mol. The summed E-state index contributed by atoms with van der Waals surface area (Å²) in [6, 6.07) is 31.3. The molecule has 2 aliphatic heterocycles. The summed E-state index contributed by atoms with van der Waals surface area (Å²) in [7, 11) is 0. The van der Waals surface area contributed by atoms with E-state index in [1.54, 1.807) is 10.9 Å². The number of aromatic nitrogens is 6. The normalized spacial score (nSPS) is 22.2. The molecule has 0 saturated carbocycles. The maximum atomic E-state index is 11.2. The fraction of sp³-hybridized carbons (Fsp3) is 0.342. The van der Waals surface area contributed by atoms with Gasteiger partial charge in [-0.15, -0.1) is 0 Å². The van der Waals surface area contributed by atoms with Gasteiger partial charge in [0, 0.05) is 44.6 Å². The molecule has 5 atom stereocenters. The summed E-state index contributed by atoms with van der Waals surface area (Å²) < 4.78 is 13.2. The van der Waals surface area contributed by atoms with Crippen molar-refractivity contribution < 1.29 is 19.5 Å². The Morgan fingerprint density at radius 2 is 1.59 bits per heavy atom. The van der Waals surface area contributed by atoms with Crippen molar-refractivity contribution in [3.8, 4) is 0 Å². The number of anilines is 2. The molecule has 0 radical (unpaired) electrons. The summed E-state index contributed by atoms with van der Waals surface area (Å²) in [5.74, 6) is 1.62. The second-order valence-electron chi connectivity index (χ2n) is 13.2. The minimum absolute atomic E-state index is 0.0376. The van der Waals surface area contributed by atoms with Crippen LogP contribution in [-0.2, 0) is 17.7 Å². The van der Waals surface area contributed by atoms with Gasteiger partial charge < -0.3 is 30.1 Å². The zero-order valence-corrected chi connectivity index (χ0v) is 28.3. The van der Waals surface area contributed by atoms with Crippen LogP contribution in [0.25, 0.3) is 11.2 Å². The second-order valence-corrected chi connectivity index (χ2v) is 13.2. The van der Waals surface area contributed by atoms with Gasteiger partial charge in [0.2, 0.25) is 5.95 Å². The van der Waals surface area contributed by atoms with Gasteiger partial charge in [-0.1, -0.05) is 103 Å². The van der Waals surface area contributed by atoms with Crippen molar-refractivity contribution in [2.75, 3.05) is 30.3 Å². The highest BCUT2D eigenvalue weighted by Crippen LogP contribution is 2.40. The Bertz CT molecular complexity index is 2000. The van der Waals surface area contributed by atoms with Crippen LogP contribution in [-0.4, -0.2) is 82.7 Å². The number of ether oxygens (including phenoxy) is 1. The maximum absolute atomic E-state index is 11.2. The van der Waals surface area contributed by atoms with Gasteiger partial charge in [-0.25, -0.2) is 4.98 Å². The van der Waals surface area contributed by atoms with E-state index in [1.165, 1.54) is 16.7 Å². The molecule has 13 heteroatoms. The predicted octanol–water partition coefficient (Wildman–Crippen LogP) is 4.69. The number of hydrogen-bond donors (Lipinski definition) is 4. The molecule has 6 aromatic rings. The monoisotopic (exact) mass is 687 g/mol. The van der Waals surface area contributed by atoms with Gasteiger partial charge in [-0.3, -0.25) is 9.47 Å². The molecule has 2 aliphatic rings. The molecule has 0 amide bonds. The Kier molecular flexibility index (Phi) is 9.41. The van der Waals surface area contributed by atoms with Crippen molar-refractivity contribution in [2.45, 2.75) is 62.8 Å². The second kappa shape index (κ2) is 14.6. The Morgan fingerprint density at radius 3 is 2.27 bits per heavy atom. The zero-order valence-electron chi connectivity index (χ0n) is 28.3. The van der Waals surface area contributed by atoms with Crippen molar-refractivity contribution in [2.24, 2.45) is 0 Å². The van der Waals surface area contributed by atoms with E-state index < -0.39 is 24.5 Å². The summed E-state index contributed by atoms with van der Waals surface area (Å²) in [6.45, 7) is 5.11. The van der Waals surface area contributed by atoms with Gasteiger partial charge in [0.25, 0.3) is 5.89 Å². The molecule has 0 spiro atoms. The largest absolute Gasteiger partial charge is 0.387 e. The van der Waals surface area contributed by atoms with Crippen LogP contribution in [0.1, 0.15) is 60.0 Å². The Hall–Kier alpha value is -5.21. The van der Waals surface area contributed by atoms with Crippen LogP contribution < -0.4 is 10.6 Å². The standard InChI is InChI=1S/C38H41N9O4/c1-2-29-42-36(51-45-29)33-31(48)32(49)37(50-33)47-23-40-30-34(39-20-28(25-14-8-4-9-15-25)26-16-10-5-11-17-26)43-38(44-35(30)47)41-27-18-19-46(22-27)21-24-12-6-3-7-13-24/h3-17,23,27-28,31-33,37,48-49H,2,18-22H2,1H3,(H2,39,41,43,44)/t27-,31-,32+,33-,37+/m0/s1. The molecule has 5 heterocycles. The number of hydrogen-bond acceptors (Lipinski definition) is 12. The molecule has 2 saturated heterocycles. The van der Waals surface area contributed by atoms with Crippen LogP contribution >= 0.6 is 0 Å². The van der Waals surface area contributed by atoms with E-state index >= 15 is 0 Å².